The molecule has 0 aliphatic carbocycles. The van der Waals surface area contributed by atoms with E-state index in [0.29, 0.717) is 12.1 Å². The van der Waals surface area contributed by atoms with Crippen molar-refractivity contribution in [3.63, 3.8) is 0 Å². The molecule has 0 spiro atoms. The third-order valence-electron chi connectivity index (χ3n) is 2.98. The second-order valence-electron chi connectivity index (χ2n) is 4.43. The van der Waals surface area contributed by atoms with Gasteiger partial charge in [0.2, 0.25) is 0 Å². The van der Waals surface area contributed by atoms with E-state index in [1.807, 2.05) is 19.1 Å². The smallest absolute Gasteiger partial charge is 0.334 e. The van der Waals surface area contributed by atoms with E-state index in [0.717, 1.165) is 10.0 Å². The lowest BCUT2D eigenvalue weighted by Gasteiger charge is -2.31. The van der Waals surface area contributed by atoms with Gasteiger partial charge in [-0.05, 0) is 40.5 Å². The first-order valence-electron chi connectivity index (χ1n) is 5.89. The monoisotopic (exact) mass is 327 g/mol. The highest BCUT2D eigenvalue weighted by Gasteiger charge is 2.30. The van der Waals surface area contributed by atoms with Crippen molar-refractivity contribution in [3.8, 4) is 0 Å². The first kappa shape index (κ1) is 14.0. The Balaban J connectivity index is 2.17. The van der Waals surface area contributed by atoms with Crippen LogP contribution in [-0.2, 0) is 9.53 Å². The summed E-state index contributed by atoms with van der Waals surface area (Å²) in [6.45, 7) is 2.66. The minimum Gasteiger partial charge on any atom is -0.479 e. The molecule has 5 nitrogen and oxygen atoms in total. The number of carboxylic acids is 1. The van der Waals surface area contributed by atoms with E-state index in [2.05, 4.69) is 15.9 Å². The van der Waals surface area contributed by atoms with E-state index in [1.54, 1.807) is 6.07 Å². The fraction of sp³-hybridized carbons (Fsp3) is 0.385. The van der Waals surface area contributed by atoms with Crippen LogP contribution < -0.4 is 0 Å². The summed E-state index contributed by atoms with van der Waals surface area (Å²) in [5.41, 5.74) is 1.59. The van der Waals surface area contributed by atoms with Crippen LogP contribution >= 0.6 is 15.9 Å². The van der Waals surface area contributed by atoms with Gasteiger partial charge >= 0.3 is 5.97 Å². The van der Waals surface area contributed by atoms with Crippen LogP contribution in [0.5, 0.6) is 0 Å². The topological polar surface area (TPSA) is 66.8 Å². The normalized spacial score (nSPS) is 19.3. The molecule has 1 heterocycles. The number of hydrogen-bond acceptors (Lipinski definition) is 3. The molecular weight excluding hydrogens is 314 g/mol. The van der Waals surface area contributed by atoms with Crippen LogP contribution in [0.4, 0.5) is 0 Å². The number of carbonyl (C=O) groups excluding carboxylic acids is 1. The molecule has 1 aromatic rings. The number of ether oxygens (including phenoxy) is 1. The maximum atomic E-state index is 12.3. The highest BCUT2D eigenvalue weighted by Crippen LogP contribution is 2.21. The minimum atomic E-state index is -1.04. The zero-order chi connectivity index (χ0) is 14.0. The SMILES string of the molecule is Cc1ccc(C(=O)N2CCOC(C(=O)O)C2)c(Br)c1. The number of aryl methyl sites for hydroxylation is 1. The van der Waals surface area contributed by atoms with Crippen molar-refractivity contribution in [3.05, 3.63) is 33.8 Å². The number of hydrogen-bond donors (Lipinski definition) is 1. The Hall–Kier alpha value is -1.40. The highest BCUT2D eigenvalue weighted by atomic mass is 79.9. The van der Waals surface area contributed by atoms with E-state index < -0.39 is 12.1 Å². The number of amides is 1. The molecule has 19 heavy (non-hydrogen) atoms. The average molecular weight is 328 g/mol. The van der Waals surface area contributed by atoms with Crippen LogP contribution in [0.15, 0.2) is 22.7 Å². The molecule has 1 aliphatic rings. The maximum Gasteiger partial charge on any atom is 0.334 e. The zero-order valence-corrected chi connectivity index (χ0v) is 12.0. The standard InChI is InChI=1S/C13H14BrNO4/c1-8-2-3-9(10(14)6-8)12(16)15-4-5-19-11(7-15)13(17)18/h2-3,6,11H,4-5,7H2,1H3,(H,17,18). The van der Waals surface area contributed by atoms with Crippen LogP contribution in [0.2, 0.25) is 0 Å². The van der Waals surface area contributed by atoms with Crippen LogP contribution in [-0.4, -0.2) is 47.7 Å². The number of rotatable bonds is 2. The predicted octanol–water partition coefficient (Wildman–Crippen LogP) is 1.68. The first-order valence-corrected chi connectivity index (χ1v) is 6.68. The number of aliphatic carboxylic acids is 1. The van der Waals surface area contributed by atoms with Gasteiger partial charge in [0.1, 0.15) is 0 Å². The third-order valence-corrected chi connectivity index (χ3v) is 3.64. The van der Waals surface area contributed by atoms with Gasteiger partial charge in [-0.15, -0.1) is 0 Å². The molecule has 1 aromatic carbocycles. The summed E-state index contributed by atoms with van der Waals surface area (Å²) in [6.07, 6.45) is -0.943. The van der Waals surface area contributed by atoms with E-state index >= 15 is 0 Å². The van der Waals surface area contributed by atoms with Gasteiger partial charge in [-0.1, -0.05) is 6.07 Å². The minimum absolute atomic E-state index is 0.0779. The number of carboxylic acid groups (broad SMARTS) is 1. The lowest BCUT2D eigenvalue weighted by atomic mass is 10.1. The molecule has 1 saturated heterocycles. The molecule has 1 N–H and O–H groups in total. The van der Waals surface area contributed by atoms with Crippen LogP contribution in [0.1, 0.15) is 15.9 Å². The summed E-state index contributed by atoms with van der Waals surface area (Å²) in [7, 11) is 0. The van der Waals surface area contributed by atoms with E-state index in [9.17, 15) is 9.59 Å². The lowest BCUT2D eigenvalue weighted by Crippen LogP contribution is -2.48. The van der Waals surface area contributed by atoms with E-state index in [-0.39, 0.29) is 19.1 Å². The molecule has 102 valence electrons. The highest BCUT2D eigenvalue weighted by molar-refractivity contribution is 9.10. The van der Waals surface area contributed by atoms with Gasteiger partial charge in [-0.25, -0.2) is 4.79 Å². The quantitative estimate of drug-likeness (QED) is 0.897. The third kappa shape index (κ3) is 3.13. The predicted molar refractivity (Wildman–Crippen MR) is 72.2 cm³/mol. The molecule has 0 radical (unpaired) electrons. The molecule has 0 bridgehead atoms. The van der Waals surface area contributed by atoms with Crippen molar-refractivity contribution in [1.29, 1.82) is 0 Å². The Morgan fingerprint density at radius 2 is 2.21 bits per heavy atom. The lowest BCUT2D eigenvalue weighted by molar-refractivity contribution is -0.154. The molecule has 1 unspecified atom stereocenters. The Morgan fingerprint density at radius 3 is 2.84 bits per heavy atom. The molecule has 2 rings (SSSR count). The molecule has 1 atom stereocenters. The maximum absolute atomic E-state index is 12.3. The Bertz CT molecular complexity index is 517. The molecule has 0 aromatic heterocycles. The number of carbonyl (C=O) groups is 2. The van der Waals surface area contributed by atoms with Gasteiger partial charge in [0.15, 0.2) is 6.10 Å². The van der Waals surface area contributed by atoms with Crippen molar-refractivity contribution in [1.82, 2.24) is 4.90 Å². The van der Waals surface area contributed by atoms with E-state index in [4.69, 9.17) is 9.84 Å². The largest absolute Gasteiger partial charge is 0.479 e. The summed E-state index contributed by atoms with van der Waals surface area (Å²) < 4.78 is 5.82. The number of halogens is 1. The summed E-state index contributed by atoms with van der Waals surface area (Å²) in [6, 6.07) is 5.46. The summed E-state index contributed by atoms with van der Waals surface area (Å²) >= 11 is 3.36. The molecule has 0 saturated carbocycles. The van der Waals surface area contributed by atoms with Crippen LogP contribution in [0.3, 0.4) is 0 Å². The Kier molecular flexibility index (Phi) is 4.21. The summed E-state index contributed by atoms with van der Waals surface area (Å²) in [5.74, 6) is -1.22. The van der Waals surface area contributed by atoms with Crippen molar-refractivity contribution in [2.75, 3.05) is 19.7 Å². The van der Waals surface area contributed by atoms with Crippen molar-refractivity contribution in [2.45, 2.75) is 13.0 Å². The van der Waals surface area contributed by atoms with Gasteiger partial charge in [0.05, 0.1) is 18.7 Å². The zero-order valence-electron chi connectivity index (χ0n) is 10.4. The molecule has 6 heteroatoms. The van der Waals surface area contributed by atoms with Gasteiger partial charge < -0.3 is 14.7 Å². The van der Waals surface area contributed by atoms with Crippen molar-refractivity contribution < 1.29 is 19.4 Å². The van der Waals surface area contributed by atoms with Gasteiger partial charge in [-0.3, -0.25) is 4.79 Å². The van der Waals surface area contributed by atoms with Gasteiger partial charge in [-0.2, -0.15) is 0 Å². The fourth-order valence-corrected chi connectivity index (χ4v) is 2.61. The molecular formula is C13H14BrNO4. The van der Waals surface area contributed by atoms with E-state index in [1.165, 1.54) is 4.90 Å². The average Bonchev–Trinajstić information content (AvgIpc) is 2.38. The fourth-order valence-electron chi connectivity index (χ4n) is 1.95. The van der Waals surface area contributed by atoms with Crippen LogP contribution in [0.25, 0.3) is 0 Å². The molecule has 1 amide bonds. The second-order valence-corrected chi connectivity index (χ2v) is 5.29. The molecule has 1 fully saturated rings. The van der Waals surface area contributed by atoms with Gasteiger partial charge in [0, 0.05) is 11.0 Å². The number of morpholine rings is 1. The summed E-state index contributed by atoms with van der Waals surface area (Å²) in [5, 5.41) is 8.93. The van der Waals surface area contributed by atoms with Crippen molar-refractivity contribution in [2.24, 2.45) is 0 Å². The number of benzene rings is 1. The van der Waals surface area contributed by atoms with Crippen LogP contribution in [0, 0.1) is 6.92 Å². The number of nitrogens with zero attached hydrogens (tertiary/aromatic N) is 1. The molecule has 1 aliphatic heterocycles. The second kappa shape index (κ2) is 5.71. The Morgan fingerprint density at radius 1 is 1.47 bits per heavy atom. The van der Waals surface area contributed by atoms with Crippen molar-refractivity contribution >= 4 is 27.8 Å². The summed E-state index contributed by atoms with van der Waals surface area (Å²) in [4.78, 5) is 24.8. The Labute approximate surface area is 119 Å². The van der Waals surface area contributed by atoms with Gasteiger partial charge in [0.25, 0.3) is 5.91 Å². The first-order chi connectivity index (χ1) is 8.99.